The van der Waals surface area contributed by atoms with Crippen molar-refractivity contribution >= 4 is 5.97 Å². The van der Waals surface area contributed by atoms with Crippen molar-refractivity contribution < 1.29 is 14.6 Å². The number of ether oxygens (including phenoxy) is 1. The molecule has 1 heterocycles. The summed E-state index contributed by atoms with van der Waals surface area (Å²) < 4.78 is 4.93. The first kappa shape index (κ1) is 8.75. The Hall–Kier alpha value is -0.830. The van der Waals surface area contributed by atoms with Crippen LogP contribution in [0, 0.1) is 5.41 Å². The van der Waals surface area contributed by atoms with Gasteiger partial charge in [0.05, 0.1) is 12.2 Å². The molecule has 0 aromatic rings. The van der Waals surface area contributed by atoms with Gasteiger partial charge in [-0.15, -0.1) is 0 Å². The van der Waals surface area contributed by atoms with E-state index in [9.17, 15) is 9.90 Å². The Morgan fingerprint density at radius 2 is 2.23 bits per heavy atom. The van der Waals surface area contributed by atoms with Crippen molar-refractivity contribution in [3.63, 3.8) is 0 Å². The molecule has 3 nitrogen and oxygen atoms in total. The molecular weight excluding hydrogens is 168 g/mol. The zero-order chi connectivity index (χ0) is 9.69. The van der Waals surface area contributed by atoms with Crippen LogP contribution in [-0.2, 0) is 9.53 Å². The maximum Gasteiger partial charge on any atom is 0.315 e. The molecule has 1 aliphatic heterocycles. The van der Waals surface area contributed by atoms with Crippen LogP contribution < -0.4 is 0 Å². The molecule has 72 valence electrons. The third kappa shape index (κ3) is 0.967. The molecule has 3 heteroatoms. The van der Waals surface area contributed by atoms with Crippen molar-refractivity contribution in [3.05, 3.63) is 12.2 Å². The monoisotopic (exact) mass is 182 g/mol. The van der Waals surface area contributed by atoms with Crippen molar-refractivity contribution in [3.8, 4) is 0 Å². The van der Waals surface area contributed by atoms with E-state index in [4.69, 9.17) is 4.74 Å². The molecule has 2 aliphatic rings. The van der Waals surface area contributed by atoms with Gasteiger partial charge >= 0.3 is 5.97 Å². The molecule has 1 spiro atoms. The van der Waals surface area contributed by atoms with E-state index in [1.807, 2.05) is 0 Å². The highest BCUT2D eigenvalue weighted by atomic mass is 16.5. The lowest BCUT2D eigenvalue weighted by molar-refractivity contribution is -0.156. The van der Waals surface area contributed by atoms with Gasteiger partial charge in [0, 0.05) is 6.42 Å². The molecule has 0 radical (unpaired) electrons. The van der Waals surface area contributed by atoms with Crippen LogP contribution >= 0.6 is 0 Å². The van der Waals surface area contributed by atoms with E-state index in [2.05, 4.69) is 6.58 Å². The molecule has 0 amide bonds. The second-order valence-electron chi connectivity index (χ2n) is 4.35. The Morgan fingerprint density at radius 3 is 2.62 bits per heavy atom. The summed E-state index contributed by atoms with van der Waals surface area (Å²) in [5.74, 6) is -0.254. The smallest absolute Gasteiger partial charge is 0.315 e. The normalized spacial score (nSPS) is 44.5. The van der Waals surface area contributed by atoms with Gasteiger partial charge in [-0.25, -0.2) is 0 Å². The minimum absolute atomic E-state index is 0.254. The molecule has 0 bridgehead atoms. The predicted molar refractivity (Wildman–Crippen MR) is 47.0 cm³/mol. The average molecular weight is 182 g/mol. The van der Waals surface area contributed by atoms with Gasteiger partial charge in [-0.3, -0.25) is 4.79 Å². The zero-order valence-corrected chi connectivity index (χ0v) is 7.80. The Bertz CT molecular complexity index is 280. The van der Waals surface area contributed by atoms with Gasteiger partial charge in [-0.2, -0.15) is 0 Å². The molecule has 2 atom stereocenters. The third-order valence-electron chi connectivity index (χ3n) is 3.33. The first-order valence-corrected chi connectivity index (χ1v) is 4.54. The van der Waals surface area contributed by atoms with Crippen LogP contribution in [0.2, 0.25) is 0 Å². The Labute approximate surface area is 77.4 Å². The summed E-state index contributed by atoms with van der Waals surface area (Å²) in [4.78, 5) is 11.5. The second-order valence-corrected chi connectivity index (χ2v) is 4.35. The molecule has 0 aromatic carbocycles. The first-order valence-electron chi connectivity index (χ1n) is 4.54. The van der Waals surface area contributed by atoms with Crippen LogP contribution in [0.25, 0.3) is 0 Å². The molecule has 1 saturated heterocycles. The number of carbonyl (C=O) groups excluding carboxylic acids is 1. The van der Waals surface area contributed by atoms with E-state index in [-0.39, 0.29) is 5.97 Å². The van der Waals surface area contributed by atoms with Crippen molar-refractivity contribution in [1.29, 1.82) is 0 Å². The van der Waals surface area contributed by atoms with Gasteiger partial charge in [-0.05, 0) is 19.8 Å². The summed E-state index contributed by atoms with van der Waals surface area (Å²) in [6.07, 6.45) is 1.72. The molecule has 13 heavy (non-hydrogen) atoms. The maximum atomic E-state index is 11.5. The van der Waals surface area contributed by atoms with Crippen LogP contribution in [0.1, 0.15) is 26.2 Å². The van der Waals surface area contributed by atoms with Gasteiger partial charge in [0.2, 0.25) is 0 Å². The number of esters is 1. The van der Waals surface area contributed by atoms with Gasteiger partial charge in [0.1, 0.15) is 5.41 Å². The fraction of sp³-hybridized carbons (Fsp3) is 0.700. The summed E-state index contributed by atoms with van der Waals surface area (Å²) >= 11 is 0. The molecule has 1 N–H and O–H groups in total. The number of hydrogen-bond donors (Lipinski definition) is 1. The van der Waals surface area contributed by atoms with E-state index in [1.54, 1.807) is 6.92 Å². The molecule has 2 rings (SSSR count). The number of cyclic esters (lactones) is 1. The fourth-order valence-corrected chi connectivity index (χ4v) is 2.54. The first-order chi connectivity index (χ1) is 5.98. The van der Waals surface area contributed by atoms with Gasteiger partial charge in [0.25, 0.3) is 0 Å². The van der Waals surface area contributed by atoms with Crippen LogP contribution in [0.15, 0.2) is 12.2 Å². The van der Waals surface area contributed by atoms with Crippen molar-refractivity contribution in [2.75, 3.05) is 6.61 Å². The van der Waals surface area contributed by atoms with Crippen molar-refractivity contribution in [1.82, 2.24) is 0 Å². The van der Waals surface area contributed by atoms with Crippen molar-refractivity contribution in [2.45, 2.75) is 31.8 Å². The highest BCUT2D eigenvalue weighted by molar-refractivity contribution is 5.81. The topological polar surface area (TPSA) is 46.5 Å². The van der Waals surface area contributed by atoms with Crippen LogP contribution in [0.4, 0.5) is 0 Å². The molecule has 2 fully saturated rings. The largest absolute Gasteiger partial charge is 0.465 e. The fourth-order valence-electron chi connectivity index (χ4n) is 2.54. The van der Waals surface area contributed by atoms with Gasteiger partial charge in [0.15, 0.2) is 0 Å². The molecule has 1 unspecified atom stereocenters. The van der Waals surface area contributed by atoms with Crippen LogP contribution in [0.3, 0.4) is 0 Å². The number of hydrogen-bond acceptors (Lipinski definition) is 3. The lowest BCUT2D eigenvalue weighted by atomic mass is 9.74. The van der Waals surface area contributed by atoms with E-state index >= 15 is 0 Å². The maximum absolute atomic E-state index is 11.5. The number of carbonyl (C=O) groups is 1. The predicted octanol–water partition coefficient (Wildman–Crippen LogP) is 1.02. The second kappa shape index (κ2) is 2.35. The Morgan fingerprint density at radius 1 is 1.54 bits per heavy atom. The van der Waals surface area contributed by atoms with E-state index in [0.29, 0.717) is 25.9 Å². The van der Waals surface area contributed by atoms with E-state index < -0.39 is 11.0 Å². The Balaban J connectivity index is 2.41. The molecular formula is C10H14O3. The molecule has 1 aliphatic carbocycles. The van der Waals surface area contributed by atoms with Crippen LogP contribution in [-0.4, -0.2) is 23.3 Å². The van der Waals surface area contributed by atoms with Gasteiger partial charge in [-0.1, -0.05) is 12.2 Å². The van der Waals surface area contributed by atoms with E-state index in [1.165, 1.54) is 0 Å². The lowest BCUT2D eigenvalue weighted by Gasteiger charge is -2.31. The Kier molecular flexibility index (Phi) is 1.58. The zero-order valence-electron chi connectivity index (χ0n) is 7.80. The number of aliphatic hydroxyl groups is 1. The summed E-state index contributed by atoms with van der Waals surface area (Å²) in [6, 6.07) is 0. The standard InChI is InChI=1S/C10H14O3/c1-7-5-9(2,12)10(6-7)3-4-13-8(10)11/h12H,1,3-6H2,2H3/t9-,10?/m1/s1. The minimum atomic E-state index is -0.961. The quantitative estimate of drug-likeness (QED) is 0.449. The SMILES string of the molecule is C=C1CC2(CCOC2=O)[C@](C)(O)C1. The van der Waals surface area contributed by atoms with E-state index in [0.717, 1.165) is 5.57 Å². The number of rotatable bonds is 0. The van der Waals surface area contributed by atoms with Crippen molar-refractivity contribution in [2.24, 2.45) is 5.41 Å². The summed E-state index contributed by atoms with van der Waals surface area (Å²) in [5, 5.41) is 10.1. The molecule has 1 saturated carbocycles. The summed E-state index contributed by atoms with van der Waals surface area (Å²) in [5.41, 5.74) is -0.703. The van der Waals surface area contributed by atoms with Crippen LogP contribution in [0.5, 0.6) is 0 Å². The minimum Gasteiger partial charge on any atom is -0.465 e. The average Bonchev–Trinajstić information content (AvgIpc) is 2.41. The molecule has 0 aromatic heterocycles. The third-order valence-corrected chi connectivity index (χ3v) is 3.33. The highest BCUT2D eigenvalue weighted by Crippen LogP contribution is 2.53. The van der Waals surface area contributed by atoms with Gasteiger partial charge < -0.3 is 9.84 Å². The highest BCUT2D eigenvalue weighted by Gasteiger charge is 2.60. The summed E-state index contributed by atoms with van der Waals surface area (Å²) in [6.45, 7) is 5.97. The lowest BCUT2D eigenvalue weighted by Crippen LogP contribution is -2.44. The summed E-state index contributed by atoms with van der Waals surface area (Å²) in [7, 11) is 0.